The van der Waals surface area contributed by atoms with Crippen LogP contribution in [0.3, 0.4) is 0 Å². The van der Waals surface area contributed by atoms with Crippen LogP contribution in [0.1, 0.15) is 24.9 Å². The largest absolute Gasteiger partial charge is 0.378 e. The molecule has 5 nitrogen and oxygen atoms in total. The molecule has 0 unspecified atom stereocenters. The lowest BCUT2D eigenvalue weighted by Gasteiger charge is -2.25. The highest BCUT2D eigenvalue weighted by atomic mass is 32.2. The first-order chi connectivity index (χ1) is 11.3. The van der Waals surface area contributed by atoms with Gasteiger partial charge in [0.1, 0.15) is 5.78 Å². The van der Waals surface area contributed by atoms with Gasteiger partial charge in [0.05, 0.1) is 16.6 Å². The molecule has 0 radical (unpaired) electrons. The van der Waals surface area contributed by atoms with Crippen LogP contribution < -0.4 is 9.21 Å². The summed E-state index contributed by atoms with van der Waals surface area (Å²) < 4.78 is 27.4. The number of Topliss-reactive ketones (excluding diaryl/α,β-unsaturated/α-hetero) is 1. The molecule has 2 aromatic carbocycles. The summed E-state index contributed by atoms with van der Waals surface area (Å²) in [4.78, 5) is 13.9. The number of rotatable bonds is 4. The van der Waals surface area contributed by atoms with Crippen molar-refractivity contribution >= 4 is 27.2 Å². The quantitative estimate of drug-likeness (QED) is 0.855. The standard InChI is InChI=1S/C18H20N2O3S/c1-13(21)12-17-16-6-4-5-7-18(16)24(22,23)20(17)15-10-8-14(9-11-15)19(2)3/h4-11,17H,12H2,1-3H3/t17-/m0/s1. The molecular formula is C18H20N2O3S. The van der Waals surface area contributed by atoms with Crippen molar-refractivity contribution in [2.45, 2.75) is 24.3 Å². The third kappa shape index (κ3) is 2.67. The van der Waals surface area contributed by atoms with Gasteiger partial charge in [0.25, 0.3) is 10.0 Å². The Hall–Kier alpha value is -2.34. The van der Waals surface area contributed by atoms with Crippen molar-refractivity contribution in [3.63, 3.8) is 0 Å². The topological polar surface area (TPSA) is 57.7 Å². The number of ketones is 1. The van der Waals surface area contributed by atoms with E-state index >= 15 is 0 Å². The van der Waals surface area contributed by atoms with Gasteiger partial charge in [0.15, 0.2) is 0 Å². The second kappa shape index (κ2) is 5.94. The predicted molar refractivity (Wildman–Crippen MR) is 94.9 cm³/mol. The normalized spacial score (nSPS) is 18.3. The molecular weight excluding hydrogens is 324 g/mol. The van der Waals surface area contributed by atoms with Gasteiger partial charge in [0.2, 0.25) is 0 Å². The molecule has 0 bridgehead atoms. The second-order valence-corrected chi connectivity index (χ2v) is 7.95. The fourth-order valence-electron chi connectivity index (χ4n) is 3.07. The lowest BCUT2D eigenvalue weighted by Crippen LogP contribution is -2.29. The van der Waals surface area contributed by atoms with E-state index in [0.29, 0.717) is 11.3 Å². The molecule has 1 aliphatic heterocycles. The zero-order valence-electron chi connectivity index (χ0n) is 13.9. The van der Waals surface area contributed by atoms with E-state index in [-0.39, 0.29) is 17.1 Å². The molecule has 0 aromatic heterocycles. The maximum absolute atomic E-state index is 13.0. The SMILES string of the molecule is CC(=O)C[C@H]1c2ccccc2S(=O)(=O)N1c1ccc(N(C)C)cc1. The first-order valence-corrected chi connectivity index (χ1v) is 9.16. The van der Waals surface area contributed by atoms with Crippen LogP contribution in [0.15, 0.2) is 53.4 Å². The summed E-state index contributed by atoms with van der Waals surface area (Å²) in [6.45, 7) is 1.49. The Labute approximate surface area is 142 Å². The highest BCUT2D eigenvalue weighted by Crippen LogP contribution is 2.44. The smallest absolute Gasteiger partial charge is 0.265 e. The lowest BCUT2D eigenvalue weighted by molar-refractivity contribution is -0.117. The van der Waals surface area contributed by atoms with E-state index in [2.05, 4.69) is 0 Å². The van der Waals surface area contributed by atoms with Crippen molar-refractivity contribution in [2.75, 3.05) is 23.3 Å². The van der Waals surface area contributed by atoms with Gasteiger partial charge in [-0.2, -0.15) is 0 Å². The number of anilines is 2. The van der Waals surface area contributed by atoms with E-state index < -0.39 is 16.1 Å². The van der Waals surface area contributed by atoms with Gasteiger partial charge in [-0.05, 0) is 42.8 Å². The van der Waals surface area contributed by atoms with Gasteiger partial charge in [0, 0.05) is 26.2 Å². The Balaban J connectivity index is 2.12. The number of nitrogens with zero attached hydrogens (tertiary/aromatic N) is 2. The Morgan fingerprint density at radius 3 is 2.29 bits per heavy atom. The molecule has 0 aliphatic carbocycles. The fraction of sp³-hybridized carbons (Fsp3) is 0.278. The third-order valence-electron chi connectivity index (χ3n) is 4.20. The monoisotopic (exact) mass is 344 g/mol. The Bertz CT molecular complexity index is 873. The van der Waals surface area contributed by atoms with E-state index in [4.69, 9.17) is 0 Å². The van der Waals surface area contributed by atoms with Crippen molar-refractivity contribution in [1.82, 2.24) is 0 Å². The van der Waals surface area contributed by atoms with E-state index in [0.717, 1.165) is 5.69 Å². The molecule has 1 heterocycles. The molecule has 0 saturated carbocycles. The molecule has 24 heavy (non-hydrogen) atoms. The molecule has 0 fully saturated rings. The summed E-state index contributed by atoms with van der Waals surface area (Å²) in [5.74, 6) is -0.0400. The number of sulfonamides is 1. The highest BCUT2D eigenvalue weighted by Gasteiger charge is 2.42. The zero-order chi connectivity index (χ0) is 17.5. The van der Waals surface area contributed by atoms with Crippen LogP contribution in [-0.4, -0.2) is 28.3 Å². The Kier molecular flexibility index (Phi) is 4.09. The molecule has 0 spiro atoms. The van der Waals surface area contributed by atoms with Crippen LogP contribution in [0, 0.1) is 0 Å². The first kappa shape index (κ1) is 16.5. The van der Waals surface area contributed by atoms with Gasteiger partial charge >= 0.3 is 0 Å². The van der Waals surface area contributed by atoms with Crippen molar-refractivity contribution in [3.8, 4) is 0 Å². The number of carbonyl (C=O) groups is 1. The van der Waals surface area contributed by atoms with Gasteiger partial charge in [-0.3, -0.25) is 9.10 Å². The zero-order valence-corrected chi connectivity index (χ0v) is 14.7. The predicted octanol–water partition coefficient (Wildman–Crippen LogP) is 2.98. The minimum atomic E-state index is -3.66. The second-order valence-electron chi connectivity index (χ2n) is 6.17. The molecule has 0 amide bonds. The van der Waals surface area contributed by atoms with Crippen LogP contribution in [0.2, 0.25) is 0 Å². The summed E-state index contributed by atoms with van der Waals surface area (Å²) in [6, 6.07) is 13.7. The number of hydrogen-bond acceptors (Lipinski definition) is 4. The molecule has 0 saturated heterocycles. The number of fused-ring (bicyclic) bond motifs is 1. The lowest BCUT2D eigenvalue weighted by atomic mass is 10.0. The summed E-state index contributed by atoms with van der Waals surface area (Å²) in [7, 11) is 0.193. The number of carbonyl (C=O) groups excluding carboxylic acids is 1. The third-order valence-corrected chi connectivity index (χ3v) is 6.11. The molecule has 126 valence electrons. The van der Waals surface area contributed by atoms with Gasteiger partial charge < -0.3 is 4.90 Å². The average molecular weight is 344 g/mol. The van der Waals surface area contributed by atoms with Crippen molar-refractivity contribution in [1.29, 1.82) is 0 Å². The molecule has 1 aliphatic rings. The van der Waals surface area contributed by atoms with Gasteiger partial charge in [-0.1, -0.05) is 18.2 Å². The summed E-state index contributed by atoms with van der Waals surface area (Å²) in [5, 5.41) is 0. The molecule has 6 heteroatoms. The molecule has 2 aromatic rings. The Morgan fingerprint density at radius 1 is 1.08 bits per heavy atom. The van der Waals surface area contributed by atoms with Gasteiger partial charge in [-0.15, -0.1) is 0 Å². The molecule has 0 N–H and O–H groups in total. The minimum Gasteiger partial charge on any atom is -0.378 e. The van der Waals surface area contributed by atoms with Crippen molar-refractivity contribution < 1.29 is 13.2 Å². The highest BCUT2D eigenvalue weighted by molar-refractivity contribution is 7.93. The van der Waals surface area contributed by atoms with Crippen LogP contribution in [-0.2, 0) is 14.8 Å². The average Bonchev–Trinajstić information content (AvgIpc) is 2.75. The van der Waals surface area contributed by atoms with Crippen LogP contribution in [0.5, 0.6) is 0 Å². The van der Waals surface area contributed by atoms with E-state index in [1.54, 1.807) is 36.4 Å². The summed E-state index contributed by atoms with van der Waals surface area (Å²) in [6.07, 6.45) is 0.158. The fourth-order valence-corrected chi connectivity index (χ4v) is 4.96. The van der Waals surface area contributed by atoms with Crippen LogP contribution in [0.4, 0.5) is 11.4 Å². The van der Waals surface area contributed by atoms with E-state index in [1.807, 2.05) is 31.1 Å². The van der Waals surface area contributed by atoms with Gasteiger partial charge in [-0.25, -0.2) is 8.42 Å². The maximum Gasteiger partial charge on any atom is 0.265 e. The number of benzene rings is 2. The van der Waals surface area contributed by atoms with Crippen molar-refractivity contribution in [2.24, 2.45) is 0 Å². The van der Waals surface area contributed by atoms with E-state index in [1.165, 1.54) is 11.2 Å². The van der Waals surface area contributed by atoms with E-state index in [9.17, 15) is 13.2 Å². The minimum absolute atomic E-state index is 0.0400. The Morgan fingerprint density at radius 2 is 1.71 bits per heavy atom. The first-order valence-electron chi connectivity index (χ1n) is 7.72. The maximum atomic E-state index is 13.0. The molecule has 1 atom stereocenters. The summed E-state index contributed by atoms with van der Waals surface area (Å²) >= 11 is 0. The number of hydrogen-bond donors (Lipinski definition) is 0. The van der Waals surface area contributed by atoms with Crippen molar-refractivity contribution in [3.05, 3.63) is 54.1 Å². The molecule has 3 rings (SSSR count). The van der Waals surface area contributed by atoms with Crippen LogP contribution >= 0.6 is 0 Å². The van der Waals surface area contributed by atoms with Crippen LogP contribution in [0.25, 0.3) is 0 Å². The summed E-state index contributed by atoms with van der Waals surface area (Å²) in [5.41, 5.74) is 2.24.